The van der Waals surface area contributed by atoms with Gasteiger partial charge in [0, 0.05) is 38.8 Å². The van der Waals surface area contributed by atoms with Crippen LogP contribution in [-0.4, -0.2) is 38.5 Å². The van der Waals surface area contributed by atoms with Gasteiger partial charge in [-0.1, -0.05) is 12.2 Å². The van der Waals surface area contributed by atoms with Crippen molar-refractivity contribution >= 4 is 23.1 Å². The Morgan fingerprint density at radius 2 is 2.10 bits per heavy atom. The largest absolute Gasteiger partial charge is 0.393 e. The van der Waals surface area contributed by atoms with Crippen LogP contribution in [0, 0.1) is 0 Å². The first-order valence-electron chi connectivity index (χ1n) is 6.19. The first-order valence-corrected chi connectivity index (χ1v) is 6.60. The van der Waals surface area contributed by atoms with E-state index in [-0.39, 0.29) is 12.5 Å². The highest BCUT2D eigenvalue weighted by Gasteiger charge is 2.13. The quantitative estimate of drug-likeness (QED) is 0.692. The van der Waals surface area contributed by atoms with Gasteiger partial charge in [0.15, 0.2) is 0 Å². The summed E-state index contributed by atoms with van der Waals surface area (Å²) in [6.07, 6.45) is 1.82. The van der Waals surface area contributed by atoms with Gasteiger partial charge in [-0.25, -0.2) is 4.79 Å². The van der Waals surface area contributed by atoms with Gasteiger partial charge in [0.05, 0.1) is 4.99 Å². The molecule has 0 aliphatic carbocycles. The van der Waals surface area contributed by atoms with Crippen LogP contribution in [0.5, 0.6) is 0 Å². The van der Waals surface area contributed by atoms with E-state index in [4.69, 9.17) is 18.0 Å². The summed E-state index contributed by atoms with van der Waals surface area (Å²) in [6.45, 7) is 2.29. The molecule has 0 radical (unpaired) electrons. The predicted molar refractivity (Wildman–Crippen MR) is 79.7 cm³/mol. The molecule has 0 bridgehead atoms. The van der Waals surface area contributed by atoms with Crippen molar-refractivity contribution in [1.29, 1.82) is 0 Å². The van der Waals surface area contributed by atoms with Gasteiger partial charge in [-0.3, -0.25) is 14.2 Å². The topological polar surface area (TPSA) is 90.3 Å². The van der Waals surface area contributed by atoms with Crippen LogP contribution in [0.3, 0.4) is 0 Å². The minimum atomic E-state index is -0.490. The second-order valence-corrected chi connectivity index (χ2v) is 4.86. The number of hydrogen-bond acceptors (Lipinski definition) is 4. The molecule has 0 spiro atoms. The lowest BCUT2D eigenvalue weighted by atomic mass is 10.4. The maximum absolute atomic E-state index is 12.0. The van der Waals surface area contributed by atoms with E-state index >= 15 is 0 Å². The minimum absolute atomic E-state index is 0.285. The molecule has 1 heterocycles. The van der Waals surface area contributed by atoms with Gasteiger partial charge in [-0.2, -0.15) is 0 Å². The van der Waals surface area contributed by atoms with Crippen molar-refractivity contribution in [3.8, 4) is 0 Å². The van der Waals surface area contributed by atoms with Crippen LogP contribution >= 0.6 is 12.2 Å². The second kappa shape index (κ2) is 6.99. The van der Waals surface area contributed by atoms with Crippen LogP contribution in [-0.2, 0) is 17.9 Å². The van der Waals surface area contributed by atoms with E-state index in [1.54, 1.807) is 14.0 Å². The summed E-state index contributed by atoms with van der Waals surface area (Å²) in [7, 11) is 1.58. The number of aromatic nitrogens is 2. The molecule has 0 saturated heterocycles. The fraction of sp³-hybridized carbons (Fsp3) is 0.500. The lowest BCUT2D eigenvalue weighted by Crippen LogP contribution is -2.43. The third-order valence-corrected chi connectivity index (χ3v) is 3.10. The monoisotopic (exact) mass is 298 g/mol. The standard InChI is InChI=1S/C12H18N4O3S/c1-3-15-7-5-10(17)16(12(15)19)8-11(18)14(2)6-4-9(13)20/h5,7H,3-4,6,8H2,1-2H3,(H2,13,20). The average molecular weight is 298 g/mol. The zero-order valence-electron chi connectivity index (χ0n) is 11.5. The Bertz CT molecular complexity index is 620. The maximum atomic E-state index is 12.0. The predicted octanol–water partition coefficient (Wildman–Crippen LogP) is -0.835. The van der Waals surface area contributed by atoms with E-state index in [1.165, 1.54) is 21.7 Å². The summed E-state index contributed by atoms with van der Waals surface area (Å²) in [4.78, 5) is 37.3. The molecular formula is C12H18N4O3S. The molecular weight excluding hydrogens is 280 g/mol. The summed E-state index contributed by atoms with van der Waals surface area (Å²) < 4.78 is 2.28. The number of likely N-dealkylation sites (N-methyl/N-ethyl adjacent to an activating group) is 1. The molecule has 0 aliphatic heterocycles. The smallest absolute Gasteiger partial charge is 0.331 e. The summed E-state index contributed by atoms with van der Waals surface area (Å²) in [5.74, 6) is -0.339. The lowest BCUT2D eigenvalue weighted by Gasteiger charge is -2.17. The fourth-order valence-corrected chi connectivity index (χ4v) is 1.69. The first-order chi connectivity index (χ1) is 9.36. The summed E-state index contributed by atoms with van der Waals surface area (Å²) in [5.41, 5.74) is 4.38. The molecule has 20 heavy (non-hydrogen) atoms. The van der Waals surface area contributed by atoms with Crippen molar-refractivity contribution in [2.75, 3.05) is 13.6 Å². The molecule has 0 fully saturated rings. The van der Waals surface area contributed by atoms with Gasteiger partial charge in [-0.15, -0.1) is 0 Å². The maximum Gasteiger partial charge on any atom is 0.331 e. The van der Waals surface area contributed by atoms with E-state index in [2.05, 4.69) is 0 Å². The Morgan fingerprint density at radius 3 is 2.65 bits per heavy atom. The number of carbonyl (C=O) groups is 1. The van der Waals surface area contributed by atoms with Crippen molar-refractivity contribution in [2.45, 2.75) is 26.4 Å². The molecule has 110 valence electrons. The van der Waals surface area contributed by atoms with Gasteiger partial charge in [0.25, 0.3) is 5.56 Å². The molecule has 2 N–H and O–H groups in total. The van der Waals surface area contributed by atoms with Crippen LogP contribution in [0.4, 0.5) is 0 Å². The van der Waals surface area contributed by atoms with Crippen molar-refractivity contribution in [3.05, 3.63) is 33.1 Å². The number of amides is 1. The summed E-state index contributed by atoms with van der Waals surface area (Å²) >= 11 is 4.74. The van der Waals surface area contributed by atoms with Gasteiger partial charge < -0.3 is 15.2 Å². The zero-order valence-corrected chi connectivity index (χ0v) is 12.4. The average Bonchev–Trinajstić information content (AvgIpc) is 2.40. The van der Waals surface area contributed by atoms with Crippen LogP contribution in [0.15, 0.2) is 21.9 Å². The Labute approximate surface area is 121 Å². The van der Waals surface area contributed by atoms with Crippen LogP contribution in [0.1, 0.15) is 13.3 Å². The van der Waals surface area contributed by atoms with Gasteiger partial charge in [0.1, 0.15) is 6.54 Å². The highest BCUT2D eigenvalue weighted by atomic mass is 32.1. The number of nitrogens with two attached hydrogens (primary N) is 1. The Balaban J connectivity index is 2.88. The number of hydrogen-bond donors (Lipinski definition) is 1. The third kappa shape index (κ3) is 4.02. The number of aryl methyl sites for hydroxylation is 1. The van der Waals surface area contributed by atoms with Gasteiger partial charge >= 0.3 is 5.69 Å². The molecule has 0 atom stereocenters. The molecule has 7 nitrogen and oxygen atoms in total. The Hall–Kier alpha value is -1.96. The van der Waals surface area contributed by atoms with E-state index < -0.39 is 11.2 Å². The van der Waals surface area contributed by atoms with Gasteiger partial charge in [0.2, 0.25) is 5.91 Å². The molecule has 1 aromatic heterocycles. The molecule has 8 heteroatoms. The Morgan fingerprint density at radius 1 is 1.45 bits per heavy atom. The summed E-state index contributed by atoms with van der Waals surface area (Å²) in [5, 5.41) is 0. The zero-order chi connectivity index (χ0) is 15.3. The second-order valence-electron chi connectivity index (χ2n) is 4.34. The number of carbonyl (C=O) groups excluding carboxylic acids is 1. The minimum Gasteiger partial charge on any atom is -0.393 e. The number of rotatable bonds is 6. The SMILES string of the molecule is CCn1ccc(=O)n(CC(=O)N(C)CCC(N)=S)c1=O. The van der Waals surface area contributed by atoms with Gasteiger partial charge in [-0.05, 0) is 6.92 Å². The van der Waals surface area contributed by atoms with Crippen molar-refractivity contribution < 1.29 is 4.79 Å². The lowest BCUT2D eigenvalue weighted by molar-refractivity contribution is -0.130. The molecule has 0 saturated carbocycles. The van der Waals surface area contributed by atoms with Crippen molar-refractivity contribution in [2.24, 2.45) is 5.73 Å². The van der Waals surface area contributed by atoms with Crippen molar-refractivity contribution in [3.63, 3.8) is 0 Å². The summed E-state index contributed by atoms with van der Waals surface area (Å²) in [6, 6.07) is 1.27. The van der Waals surface area contributed by atoms with Crippen LogP contribution in [0.2, 0.25) is 0 Å². The molecule has 0 unspecified atom stereocenters. The Kier molecular flexibility index (Phi) is 5.63. The molecule has 1 rings (SSSR count). The highest BCUT2D eigenvalue weighted by Crippen LogP contribution is 1.91. The highest BCUT2D eigenvalue weighted by molar-refractivity contribution is 7.80. The number of thiocarbonyl (C=S) groups is 1. The molecule has 1 aromatic rings. The first kappa shape index (κ1) is 16.1. The van der Waals surface area contributed by atoms with Crippen molar-refractivity contribution in [1.82, 2.24) is 14.0 Å². The van der Waals surface area contributed by atoms with E-state index in [0.717, 1.165) is 4.57 Å². The van der Waals surface area contributed by atoms with Crippen LogP contribution in [0.25, 0.3) is 0 Å². The number of nitrogens with zero attached hydrogens (tertiary/aromatic N) is 3. The molecule has 1 amide bonds. The van der Waals surface area contributed by atoms with E-state index in [9.17, 15) is 14.4 Å². The van der Waals surface area contributed by atoms with Crippen LogP contribution < -0.4 is 17.0 Å². The fourth-order valence-electron chi connectivity index (χ4n) is 1.60. The third-order valence-electron chi connectivity index (χ3n) is 2.89. The molecule has 0 aromatic carbocycles. The van der Waals surface area contributed by atoms with E-state index in [0.29, 0.717) is 24.5 Å². The molecule has 0 aliphatic rings. The van der Waals surface area contributed by atoms with E-state index in [1.807, 2.05) is 0 Å². The normalized spacial score (nSPS) is 10.3.